The van der Waals surface area contributed by atoms with Gasteiger partial charge >= 0.3 is 12.1 Å². The van der Waals surface area contributed by atoms with Crippen LogP contribution in [0.2, 0.25) is 0 Å². The van der Waals surface area contributed by atoms with Crippen molar-refractivity contribution in [1.29, 1.82) is 0 Å². The number of benzene rings is 1. The molecule has 110 valence electrons. The number of ether oxygens (including phenoxy) is 1. The summed E-state index contributed by atoms with van der Waals surface area (Å²) in [7, 11) is 2.57. The van der Waals surface area contributed by atoms with Crippen LogP contribution in [0.4, 0.5) is 13.2 Å². The number of alkyl halides is 3. The first kappa shape index (κ1) is 16.0. The molecule has 1 aromatic rings. The molecule has 7 heteroatoms. The predicted octanol–water partition coefficient (Wildman–Crippen LogP) is 1.88. The Hall–Kier alpha value is -2.05. The number of hydrogen-bond acceptors (Lipinski definition) is 3. The molecule has 0 aromatic heterocycles. The average molecular weight is 289 g/mol. The van der Waals surface area contributed by atoms with Gasteiger partial charge in [-0.05, 0) is 11.6 Å². The Morgan fingerprint density at radius 3 is 2.50 bits per heavy atom. The Morgan fingerprint density at radius 2 is 1.95 bits per heavy atom. The second kappa shape index (κ2) is 6.40. The van der Waals surface area contributed by atoms with Gasteiger partial charge in [-0.2, -0.15) is 13.2 Å². The van der Waals surface area contributed by atoms with Crippen molar-refractivity contribution in [2.75, 3.05) is 20.7 Å². The quantitative estimate of drug-likeness (QED) is 0.795. The summed E-state index contributed by atoms with van der Waals surface area (Å²) in [5.41, 5.74) is -0.569. The molecule has 1 aromatic carbocycles. The van der Waals surface area contributed by atoms with Crippen molar-refractivity contribution in [3.63, 3.8) is 0 Å². The summed E-state index contributed by atoms with van der Waals surface area (Å²) in [5.74, 6) is -1.06. The number of esters is 1. The van der Waals surface area contributed by atoms with Crippen molar-refractivity contribution in [3.05, 3.63) is 35.4 Å². The molecule has 0 spiro atoms. The predicted molar refractivity (Wildman–Crippen MR) is 64.8 cm³/mol. The van der Waals surface area contributed by atoms with Gasteiger partial charge in [0.05, 0.1) is 19.1 Å². The maximum Gasteiger partial charge on any atom is 0.416 e. The Balaban J connectivity index is 2.73. The Bertz CT molecular complexity index is 500. The summed E-state index contributed by atoms with van der Waals surface area (Å²) in [6.07, 6.45) is -4.66. The minimum Gasteiger partial charge on any atom is -0.468 e. The number of rotatable bonds is 4. The van der Waals surface area contributed by atoms with Crippen molar-refractivity contribution in [3.8, 4) is 0 Å². The smallest absolute Gasteiger partial charge is 0.416 e. The second-order valence-electron chi connectivity index (χ2n) is 4.20. The number of carbonyl (C=O) groups excluding carboxylic acids is 2. The molecule has 0 N–H and O–H groups in total. The fraction of sp³-hybridized carbons (Fsp3) is 0.385. The minimum atomic E-state index is -4.45. The highest BCUT2D eigenvalue weighted by Crippen LogP contribution is 2.29. The van der Waals surface area contributed by atoms with Crippen LogP contribution in [-0.2, 0) is 26.9 Å². The summed E-state index contributed by atoms with van der Waals surface area (Å²) in [6, 6.07) is 4.53. The Kier molecular flexibility index (Phi) is 5.12. The summed E-state index contributed by atoms with van der Waals surface area (Å²) in [5, 5.41) is 0. The van der Waals surface area contributed by atoms with E-state index in [0.717, 1.165) is 17.0 Å². The van der Waals surface area contributed by atoms with E-state index in [4.69, 9.17) is 0 Å². The molecule has 0 radical (unpaired) electrons. The fourth-order valence-corrected chi connectivity index (χ4v) is 1.51. The number of nitrogens with zero attached hydrogens (tertiary/aromatic N) is 1. The molecule has 0 bridgehead atoms. The maximum absolute atomic E-state index is 12.5. The summed E-state index contributed by atoms with van der Waals surface area (Å²) in [4.78, 5) is 23.9. The molecule has 20 heavy (non-hydrogen) atoms. The number of amides is 1. The third-order valence-electron chi connectivity index (χ3n) is 2.63. The van der Waals surface area contributed by atoms with Crippen molar-refractivity contribution >= 4 is 11.9 Å². The van der Waals surface area contributed by atoms with Gasteiger partial charge in [-0.3, -0.25) is 9.59 Å². The van der Waals surface area contributed by atoms with Gasteiger partial charge in [0.25, 0.3) is 0 Å². The summed E-state index contributed by atoms with van der Waals surface area (Å²) in [6.45, 7) is -0.242. The molecule has 0 atom stereocenters. The third kappa shape index (κ3) is 4.56. The zero-order valence-electron chi connectivity index (χ0n) is 11.0. The number of hydrogen-bond donors (Lipinski definition) is 0. The number of carbonyl (C=O) groups is 2. The van der Waals surface area contributed by atoms with E-state index in [0.29, 0.717) is 0 Å². The fourth-order valence-electron chi connectivity index (χ4n) is 1.51. The van der Waals surface area contributed by atoms with Crippen molar-refractivity contribution in [2.24, 2.45) is 0 Å². The van der Waals surface area contributed by atoms with E-state index in [1.807, 2.05) is 0 Å². The first-order valence-electron chi connectivity index (χ1n) is 5.71. The molecule has 0 aliphatic heterocycles. The molecule has 4 nitrogen and oxygen atoms in total. The standard InChI is InChI=1S/C13H14F3NO3/c1-17(8-12(19)20-2)11(18)7-9-4-3-5-10(6-9)13(14,15)16/h3-6H,7-8H2,1-2H3. The second-order valence-corrected chi connectivity index (χ2v) is 4.20. The lowest BCUT2D eigenvalue weighted by molar-refractivity contribution is -0.145. The summed E-state index contributed by atoms with van der Waals surface area (Å²) < 4.78 is 42.0. The molecule has 0 fully saturated rings. The van der Waals surface area contributed by atoms with Crippen LogP contribution in [-0.4, -0.2) is 37.5 Å². The van der Waals surface area contributed by atoms with E-state index >= 15 is 0 Å². The van der Waals surface area contributed by atoms with Crippen LogP contribution in [0.5, 0.6) is 0 Å². The highest BCUT2D eigenvalue weighted by atomic mass is 19.4. The van der Waals surface area contributed by atoms with Gasteiger partial charge in [0.2, 0.25) is 5.91 Å². The monoisotopic (exact) mass is 289 g/mol. The highest BCUT2D eigenvalue weighted by Gasteiger charge is 2.30. The highest BCUT2D eigenvalue weighted by molar-refractivity contribution is 5.83. The molecule has 0 saturated carbocycles. The van der Waals surface area contributed by atoms with Gasteiger partial charge in [-0.25, -0.2) is 0 Å². The molecule has 0 heterocycles. The first-order valence-corrected chi connectivity index (χ1v) is 5.71. The lowest BCUT2D eigenvalue weighted by atomic mass is 10.1. The molecular weight excluding hydrogens is 275 g/mol. The molecular formula is C13H14F3NO3. The van der Waals surface area contributed by atoms with Crippen LogP contribution >= 0.6 is 0 Å². The van der Waals surface area contributed by atoms with E-state index in [2.05, 4.69) is 4.74 Å². The average Bonchev–Trinajstić information content (AvgIpc) is 2.37. The van der Waals surface area contributed by atoms with E-state index in [1.165, 1.54) is 26.3 Å². The van der Waals surface area contributed by atoms with E-state index in [9.17, 15) is 22.8 Å². The van der Waals surface area contributed by atoms with Crippen LogP contribution in [0.15, 0.2) is 24.3 Å². The topological polar surface area (TPSA) is 46.6 Å². The number of halogens is 3. The summed E-state index contributed by atoms with van der Waals surface area (Å²) >= 11 is 0. The molecule has 1 rings (SSSR count). The minimum absolute atomic E-state index is 0.211. The maximum atomic E-state index is 12.5. The zero-order chi connectivity index (χ0) is 15.3. The molecule has 0 unspecified atom stereocenters. The number of likely N-dealkylation sites (N-methyl/N-ethyl adjacent to an activating group) is 1. The van der Waals surface area contributed by atoms with Gasteiger partial charge in [-0.15, -0.1) is 0 Å². The first-order chi connectivity index (χ1) is 9.24. The van der Waals surface area contributed by atoms with Crippen LogP contribution in [0.3, 0.4) is 0 Å². The Labute approximate surface area is 114 Å². The molecule has 0 aliphatic rings. The third-order valence-corrected chi connectivity index (χ3v) is 2.63. The van der Waals surface area contributed by atoms with Gasteiger partial charge in [0, 0.05) is 7.05 Å². The van der Waals surface area contributed by atoms with Gasteiger partial charge in [0.15, 0.2) is 0 Å². The van der Waals surface area contributed by atoms with E-state index < -0.39 is 23.6 Å². The zero-order valence-corrected chi connectivity index (χ0v) is 11.0. The van der Waals surface area contributed by atoms with Crippen LogP contribution in [0, 0.1) is 0 Å². The van der Waals surface area contributed by atoms with Crippen LogP contribution in [0.1, 0.15) is 11.1 Å². The van der Waals surface area contributed by atoms with Crippen molar-refractivity contribution in [1.82, 2.24) is 4.90 Å². The van der Waals surface area contributed by atoms with Crippen molar-refractivity contribution < 1.29 is 27.5 Å². The van der Waals surface area contributed by atoms with Crippen molar-refractivity contribution in [2.45, 2.75) is 12.6 Å². The number of methoxy groups -OCH3 is 1. The van der Waals surface area contributed by atoms with Gasteiger partial charge in [-0.1, -0.05) is 18.2 Å². The SMILES string of the molecule is COC(=O)CN(C)C(=O)Cc1cccc(C(F)(F)F)c1. The van der Waals surface area contributed by atoms with Gasteiger partial charge in [0.1, 0.15) is 6.54 Å². The largest absolute Gasteiger partial charge is 0.468 e. The lowest BCUT2D eigenvalue weighted by Gasteiger charge is -2.16. The van der Waals surface area contributed by atoms with Crippen LogP contribution < -0.4 is 0 Å². The van der Waals surface area contributed by atoms with Gasteiger partial charge < -0.3 is 9.64 Å². The van der Waals surface area contributed by atoms with E-state index in [-0.39, 0.29) is 18.5 Å². The normalized spacial score (nSPS) is 11.1. The molecule has 0 aliphatic carbocycles. The molecule has 0 saturated heterocycles. The Morgan fingerprint density at radius 1 is 1.30 bits per heavy atom. The van der Waals surface area contributed by atoms with Crippen LogP contribution in [0.25, 0.3) is 0 Å². The lowest BCUT2D eigenvalue weighted by Crippen LogP contribution is -2.33. The molecule has 1 amide bonds. The van der Waals surface area contributed by atoms with E-state index in [1.54, 1.807) is 0 Å².